The van der Waals surface area contributed by atoms with Crippen molar-refractivity contribution in [1.29, 1.82) is 0 Å². The second-order valence-corrected chi connectivity index (χ2v) is 12.1. The van der Waals surface area contributed by atoms with E-state index in [4.69, 9.17) is 10.5 Å². The van der Waals surface area contributed by atoms with E-state index in [9.17, 15) is 19.5 Å². The highest BCUT2D eigenvalue weighted by Crippen LogP contribution is 2.31. The average molecular weight is 587 g/mol. The number of hydrogen-bond acceptors (Lipinski definition) is 8. The lowest BCUT2D eigenvalue weighted by atomic mass is 10.1. The van der Waals surface area contributed by atoms with Crippen LogP contribution in [0.1, 0.15) is 78.0 Å². The van der Waals surface area contributed by atoms with Gasteiger partial charge in [-0.1, -0.05) is 36.4 Å². The van der Waals surface area contributed by atoms with Crippen molar-refractivity contribution in [3.8, 4) is 11.3 Å². The Balaban J connectivity index is 1.26. The van der Waals surface area contributed by atoms with Gasteiger partial charge in [0.15, 0.2) is 11.5 Å². The predicted molar refractivity (Wildman–Crippen MR) is 161 cm³/mol. The molecular weight excluding hydrogens is 548 g/mol. The average Bonchev–Trinajstić information content (AvgIpc) is 3.11. The summed E-state index contributed by atoms with van der Waals surface area (Å²) in [5, 5.41) is 16.5. The van der Waals surface area contributed by atoms with Crippen molar-refractivity contribution in [2.24, 2.45) is 0 Å². The van der Waals surface area contributed by atoms with Crippen molar-refractivity contribution in [2.75, 3.05) is 18.8 Å². The number of anilines is 1. The molecule has 1 aliphatic heterocycles. The normalized spacial score (nSPS) is 20.1. The van der Waals surface area contributed by atoms with Gasteiger partial charge in [-0.2, -0.15) is 0 Å². The van der Waals surface area contributed by atoms with E-state index in [1.807, 2.05) is 45.0 Å². The van der Waals surface area contributed by atoms with Crippen LogP contribution in [0.5, 0.6) is 0 Å². The molecule has 3 aromatic rings. The third-order valence-electron chi connectivity index (χ3n) is 7.64. The van der Waals surface area contributed by atoms with E-state index in [0.717, 1.165) is 11.1 Å². The number of nitrogens with one attached hydrogen (secondary N) is 2. The topological polar surface area (TPSA) is 160 Å². The number of fused-ring (bicyclic) bond motifs is 1. The van der Waals surface area contributed by atoms with Crippen molar-refractivity contribution < 1.29 is 24.2 Å². The maximum absolute atomic E-state index is 13.2. The molecule has 0 spiro atoms. The minimum absolute atomic E-state index is 0.00645. The van der Waals surface area contributed by atoms with Crippen molar-refractivity contribution >= 4 is 23.7 Å². The molecule has 0 saturated carbocycles. The molecule has 2 aromatic carbocycles. The highest BCUT2D eigenvalue weighted by atomic mass is 16.6. The summed E-state index contributed by atoms with van der Waals surface area (Å²) in [6, 6.07) is 13.8. The minimum Gasteiger partial charge on any atom is -0.444 e. The molecule has 0 radical (unpaired) electrons. The Bertz CT molecular complexity index is 1520. The Hall–Kier alpha value is -4.51. The largest absolute Gasteiger partial charge is 0.444 e. The number of aliphatic hydroxyl groups excluding tert-OH is 1. The summed E-state index contributed by atoms with van der Waals surface area (Å²) >= 11 is 0. The first-order valence-corrected chi connectivity index (χ1v) is 14.6. The van der Waals surface area contributed by atoms with Crippen LogP contribution in [0.15, 0.2) is 54.7 Å². The number of nitrogens with zero attached hydrogens (tertiary/aromatic N) is 3. The monoisotopic (exact) mass is 586 g/mol. The van der Waals surface area contributed by atoms with Crippen LogP contribution in [-0.4, -0.2) is 68.7 Å². The molecule has 43 heavy (non-hydrogen) atoms. The number of nitrogens with two attached hydrogens (primary N) is 1. The van der Waals surface area contributed by atoms with Crippen LogP contribution < -0.4 is 16.4 Å². The summed E-state index contributed by atoms with van der Waals surface area (Å²) in [5.41, 5.74) is 8.75. The van der Waals surface area contributed by atoms with Crippen molar-refractivity contribution in [1.82, 2.24) is 25.5 Å². The van der Waals surface area contributed by atoms with Crippen molar-refractivity contribution in [3.05, 3.63) is 77.1 Å². The molecule has 2 heterocycles. The highest BCUT2D eigenvalue weighted by molar-refractivity contribution is 5.98. The standard InChI is InChI=1S/C32H38N6O5/c1-32(2,3)43-31(42)38-14-7-11-22(13-15-38)35-30(41)27-28(33)34-18-24(36-27)20-9-6-10-21(16-20)29(40)37-26-23-12-5-4-8-19(23)17-25(26)39/h4-6,8-10,12,16,18,22,25-26,39H,7,11,13-15,17H2,1-3H3,(H2,33,34)(H,35,41)(H,37,40)/t22?,25-,26+/m0/s1. The molecule has 1 aromatic heterocycles. The predicted octanol–water partition coefficient (Wildman–Crippen LogP) is 3.63. The first-order valence-electron chi connectivity index (χ1n) is 14.6. The lowest BCUT2D eigenvalue weighted by Crippen LogP contribution is -2.39. The number of benzene rings is 2. The lowest BCUT2D eigenvalue weighted by molar-refractivity contribution is 0.0256. The van der Waals surface area contributed by atoms with E-state index >= 15 is 0 Å². The number of aliphatic hydroxyl groups is 1. The number of carbonyl (C=O) groups is 3. The van der Waals surface area contributed by atoms with Crippen LogP contribution in [0.2, 0.25) is 0 Å². The molecular formula is C32H38N6O5. The summed E-state index contributed by atoms with van der Waals surface area (Å²) in [6.45, 7) is 6.50. The van der Waals surface area contributed by atoms with Crippen LogP contribution in [0, 0.1) is 0 Å². The Kier molecular flexibility index (Phi) is 8.63. The van der Waals surface area contributed by atoms with E-state index in [1.165, 1.54) is 6.20 Å². The molecule has 0 bridgehead atoms. The van der Waals surface area contributed by atoms with E-state index in [-0.39, 0.29) is 29.6 Å². The molecule has 1 unspecified atom stereocenters. The van der Waals surface area contributed by atoms with Crippen molar-refractivity contribution in [3.63, 3.8) is 0 Å². The summed E-state index contributed by atoms with van der Waals surface area (Å²) in [6.07, 6.45) is 2.85. The molecule has 1 fully saturated rings. The number of nitrogen functional groups attached to an aromatic ring is 1. The van der Waals surface area contributed by atoms with Gasteiger partial charge in [0.25, 0.3) is 11.8 Å². The fourth-order valence-electron chi connectivity index (χ4n) is 5.50. The van der Waals surface area contributed by atoms with E-state index in [0.29, 0.717) is 55.6 Å². The van der Waals surface area contributed by atoms with Gasteiger partial charge in [0.2, 0.25) is 0 Å². The van der Waals surface area contributed by atoms with Crippen molar-refractivity contribution in [2.45, 2.75) is 70.2 Å². The van der Waals surface area contributed by atoms with Crippen LogP contribution in [0.4, 0.5) is 10.6 Å². The van der Waals surface area contributed by atoms with Gasteiger partial charge in [0, 0.05) is 36.7 Å². The minimum atomic E-state index is -0.706. The number of amides is 3. The summed E-state index contributed by atoms with van der Waals surface area (Å²) < 4.78 is 5.49. The molecule has 2 aliphatic rings. The SMILES string of the molecule is CC(C)(C)OC(=O)N1CCCC(NC(=O)c2nc(-c3cccc(C(=O)N[C@@H]4c5ccccc5C[C@@H]4O)c3)cnc2N)CC1. The quantitative estimate of drug-likeness (QED) is 0.353. The number of likely N-dealkylation sites (tertiary alicyclic amines) is 1. The molecule has 5 N–H and O–H groups in total. The highest BCUT2D eigenvalue weighted by Gasteiger charge is 2.32. The van der Waals surface area contributed by atoms with Gasteiger partial charge in [-0.3, -0.25) is 9.59 Å². The van der Waals surface area contributed by atoms with E-state index in [1.54, 1.807) is 29.2 Å². The lowest BCUT2D eigenvalue weighted by Gasteiger charge is -2.26. The Labute approximate surface area is 250 Å². The third kappa shape index (κ3) is 7.11. The van der Waals surface area contributed by atoms with Crippen LogP contribution in [0.25, 0.3) is 11.3 Å². The first kappa shape index (κ1) is 30.0. The van der Waals surface area contributed by atoms with Gasteiger partial charge < -0.3 is 31.1 Å². The van der Waals surface area contributed by atoms with Gasteiger partial charge in [-0.25, -0.2) is 14.8 Å². The molecule has 1 saturated heterocycles. The fourth-order valence-corrected chi connectivity index (χ4v) is 5.50. The number of ether oxygens (including phenoxy) is 1. The smallest absolute Gasteiger partial charge is 0.410 e. The Morgan fingerprint density at radius 2 is 1.81 bits per heavy atom. The number of hydrogen-bond donors (Lipinski definition) is 4. The van der Waals surface area contributed by atoms with Gasteiger partial charge >= 0.3 is 6.09 Å². The zero-order valence-corrected chi connectivity index (χ0v) is 24.7. The maximum Gasteiger partial charge on any atom is 0.410 e. The van der Waals surface area contributed by atoms with E-state index < -0.39 is 23.7 Å². The Morgan fingerprint density at radius 1 is 1.02 bits per heavy atom. The molecule has 3 atom stereocenters. The first-order chi connectivity index (χ1) is 20.5. The van der Waals surface area contributed by atoms with Gasteiger partial charge in [0.1, 0.15) is 5.60 Å². The zero-order valence-electron chi connectivity index (χ0n) is 24.7. The maximum atomic E-state index is 13.2. The molecule has 3 amide bonds. The number of carbonyl (C=O) groups excluding carboxylic acids is 3. The molecule has 1 aliphatic carbocycles. The second-order valence-electron chi connectivity index (χ2n) is 12.1. The molecule has 5 rings (SSSR count). The third-order valence-corrected chi connectivity index (χ3v) is 7.64. The summed E-state index contributed by atoms with van der Waals surface area (Å²) in [5.74, 6) is -0.795. The molecule has 11 heteroatoms. The van der Waals surface area contributed by atoms with Crippen LogP contribution >= 0.6 is 0 Å². The van der Waals surface area contributed by atoms with Gasteiger partial charge in [0.05, 0.1) is 24.0 Å². The fraction of sp³-hybridized carbons (Fsp3) is 0.406. The van der Waals surface area contributed by atoms with E-state index in [2.05, 4.69) is 20.6 Å². The molecule has 11 nitrogen and oxygen atoms in total. The van der Waals surface area contributed by atoms with Gasteiger partial charge in [-0.05, 0) is 63.3 Å². The number of aromatic nitrogens is 2. The Morgan fingerprint density at radius 3 is 2.60 bits per heavy atom. The van der Waals surface area contributed by atoms with Gasteiger partial charge in [-0.15, -0.1) is 0 Å². The number of rotatable bonds is 5. The second kappa shape index (κ2) is 12.4. The molecule has 226 valence electrons. The van der Waals surface area contributed by atoms with Crippen LogP contribution in [-0.2, 0) is 11.2 Å². The zero-order chi connectivity index (χ0) is 30.7. The van der Waals surface area contributed by atoms with Crippen LogP contribution in [0.3, 0.4) is 0 Å². The summed E-state index contributed by atoms with van der Waals surface area (Å²) in [7, 11) is 0. The summed E-state index contributed by atoms with van der Waals surface area (Å²) in [4.78, 5) is 49.3.